The lowest BCUT2D eigenvalue weighted by Gasteiger charge is -2.21. The molecule has 588 valence electrons. The molecule has 0 aliphatic carbocycles. The number of ether oxygens (including phenoxy) is 4. The number of hydrogen-bond acceptors (Lipinski definition) is 15. The Kier molecular flexibility index (Phi) is 70.3. The maximum Gasteiger partial charge on any atom is 0.472 e. The van der Waals surface area contributed by atoms with Gasteiger partial charge in [-0.15, -0.1) is 0 Å². The van der Waals surface area contributed by atoms with Crippen LogP contribution >= 0.6 is 15.6 Å². The van der Waals surface area contributed by atoms with Crippen LogP contribution in [0.5, 0.6) is 0 Å². The maximum absolute atomic E-state index is 13.1. The van der Waals surface area contributed by atoms with E-state index in [-0.39, 0.29) is 25.7 Å². The van der Waals surface area contributed by atoms with Crippen molar-refractivity contribution in [1.29, 1.82) is 0 Å². The molecule has 0 spiro atoms. The third kappa shape index (κ3) is 74.1. The molecule has 0 rings (SSSR count). The van der Waals surface area contributed by atoms with E-state index in [4.69, 9.17) is 37.0 Å². The second kappa shape index (κ2) is 71.7. The lowest BCUT2D eigenvalue weighted by Crippen LogP contribution is -2.30. The van der Waals surface area contributed by atoms with Gasteiger partial charge < -0.3 is 33.8 Å². The molecule has 0 bridgehead atoms. The Morgan fingerprint density at radius 2 is 0.465 bits per heavy atom. The lowest BCUT2D eigenvalue weighted by atomic mass is 10.0. The van der Waals surface area contributed by atoms with E-state index in [9.17, 15) is 43.2 Å². The molecule has 99 heavy (non-hydrogen) atoms. The van der Waals surface area contributed by atoms with Crippen molar-refractivity contribution < 1.29 is 80.2 Å². The standard InChI is InChI=1S/C80H156O17P2/c1-7-9-11-13-15-17-18-19-20-21-22-26-29-32-39-45-51-57-63-78(83)91-69-76(96-79(84)64-58-52-46-40-33-30-27-24-23-25-28-31-37-42-48-54-60-72(3)4)71-95-99(88,89)93-67-74(81)66-92-98(86,87)94-70-75(68-90-77(82)62-56-50-44-36-16-14-12-10-8-2)97-80(85)65-59-53-47-41-35-34-38-43-49-55-61-73(5)6/h72-76,81H,7-71H2,1-6H3,(H,86,87)(H,88,89)/t74-,75+,76+/m0/s1. The number of carbonyl (C=O) groups is 4. The molecular weight excluding hydrogens is 1290 g/mol. The fourth-order valence-corrected chi connectivity index (χ4v) is 13.9. The van der Waals surface area contributed by atoms with Crippen molar-refractivity contribution in [1.82, 2.24) is 0 Å². The second-order valence-electron chi connectivity index (χ2n) is 29.8. The third-order valence-electron chi connectivity index (χ3n) is 18.7. The van der Waals surface area contributed by atoms with Crippen LogP contribution < -0.4 is 0 Å². The zero-order valence-corrected chi connectivity index (χ0v) is 66.6. The number of phosphoric ester groups is 2. The van der Waals surface area contributed by atoms with Gasteiger partial charge in [-0.3, -0.25) is 37.3 Å². The van der Waals surface area contributed by atoms with Crippen molar-refractivity contribution in [3.05, 3.63) is 0 Å². The Morgan fingerprint density at radius 1 is 0.273 bits per heavy atom. The SMILES string of the molecule is CCCCCCCCCCCCCCCCCCCCC(=O)OC[C@H](COP(=O)(O)OC[C@@H](O)COP(=O)(O)OC[C@@H](COC(=O)CCCCCCCCCCC)OC(=O)CCCCCCCCCCCCC(C)C)OC(=O)CCCCCCCCCCCCCCCCCCC(C)C. The van der Waals surface area contributed by atoms with Crippen LogP contribution in [0.3, 0.4) is 0 Å². The summed E-state index contributed by atoms with van der Waals surface area (Å²) in [5, 5.41) is 10.6. The van der Waals surface area contributed by atoms with Crippen molar-refractivity contribution in [3.63, 3.8) is 0 Å². The number of hydrogen-bond donors (Lipinski definition) is 3. The van der Waals surface area contributed by atoms with E-state index in [1.54, 1.807) is 0 Å². The highest BCUT2D eigenvalue weighted by Crippen LogP contribution is 2.45. The third-order valence-corrected chi connectivity index (χ3v) is 20.6. The first kappa shape index (κ1) is 97.1. The van der Waals surface area contributed by atoms with Crippen LogP contribution in [0.4, 0.5) is 0 Å². The summed E-state index contributed by atoms with van der Waals surface area (Å²) in [5.41, 5.74) is 0. The van der Waals surface area contributed by atoms with Crippen molar-refractivity contribution in [2.75, 3.05) is 39.6 Å². The maximum atomic E-state index is 13.1. The summed E-state index contributed by atoms with van der Waals surface area (Å²) < 4.78 is 68.6. The molecule has 0 aliphatic heterocycles. The molecule has 0 aromatic rings. The fraction of sp³-hybridized carbons (Fsp3) is 0.950. The van der Waals surface area contributed by atoms with Crippen LogP contribution in [0.25, 0.3) is 0 Å². The number of aliphatic hydroxyl groups is 1. The summed E-state index contributed by atoms with van der Waals surface area (Å²) in [5.74, 6) is -0.550. The van der Waals surface area contributed by atoms with Gasteiger partial charge in [-0.25, -0.2) is 9.13 Å². The zero-order valence-electron chi connectivity index (χ0n) is 64.8. The Labute approximate surface area is 607 Å². The van der Waals surface area contributed by atoms with Gasteiger partial charge in [0.05, 0.1) is 26.4 Å². The fourth-order valence-electron chi connectivity index (χ4n) is 12.4. The van der Waals surface area contributed by atoms with Gasteiger partial charge in [0.15, 0.2) is 12.2 Å². The van der Waals surface area contributed by atoms with Crippen molar-refractivity contribution in [2.45, 2.75) is 439 Å². The molecule has 2 unspecified atom stereocenters. The largest absolute Gasteiger partial charge is 0.472 e. The van der Waals surface area contributed by atoms with Gasteiger partial charge >= 0.3 is 39.5 Å². The summed E-state index contributed by atoms with van der Waals surface area (Å²) in [4.78, 5) is 72.9. The number of phosphoric acid groups is 2. The van der Waals surface area contributed by atoms with E-state index in [2.05, 4.69) is 41.5 Å². The molecule has 0 radical (unpaired) electrons. The average molecular weight is 1450 g/mol. The van der Waals surface area contributed by atoms with Crippen molar-refractivity contribution in [3.8, 4) is 0 Å². The molecule has 17 nitrogen and oxygen atoms in total. The lowest BCUT2D eigenvalue weighted by molar-refractivity contribution is -0.161. The normalized spacial score (nSPS) is 13.9. The van der Waals surface area contributed by atoms with Crippen LogP contribution in [0.2, 0.25) is 0 Å². The van der Waals surface area contributed by atoms with Crippen LogP contribution in [-0.2, 0) is 65.4 Å². The molecule has 19 heteroatoms. The van der Waals surface area contributed by atoms with Crippen LogP contribution in [0.15, 0.2) is 0 Å². The minimum absolute atomic E-state index is 0.106. The van der Waals surface area contributed by atoms with Gasteiger partial charge in [0.25, 0.3) is 0 Å². The predicted octanol–water partition coefficient (Wildman–Crippen LogP) is 23.9. The van der Waals surface area contributed by atoms with Gasteiger partial charge in [-0.1, -0.05) is 369 Å². The molecule has 0 amide bonds. The van der Waals surface area contributed by atoms with Gasteiger partial charge in [0, 0.05) is 25.7 Å². The van der Waals surface area contributed by atoms with Gasteiger partial charge in [-0.2, -0.15) is 0 Å². The minimum atomic E-state index is -4.96. The molecule has 0 fully saturated rings. The van der Waals surface area contributed by atoms with Crippen LogP contribution in [0, 0.1) is 11.8 Å². The Hall–Kier alpha value is -1.94. The number of rotatable bonds is 79. The number of unbranched alkanes of at least 4 members (excludes halogenated alkanes) is 49. The van der Waals surface area contributed by atoms with E-state index in [1.165, 1.54) is 238 Å². The minimum Gasteiger partial charge on any atom is -0.462 e. The Bertz CT molecular complexity index is 1910. The molecule has 3 N–H and O–H groups in total. The van der Waals surface area contributed by atoms with Crippen LogP contribution in [0.1, 0.15) is 420 Å². The molecule has 0 aromatic carbocycles. The van der Waals surface area contributed by atoms with E-state index in [1.807, 2.05) is 0 Å². The average Bonchev–Trinajstić information content (AvgIpc) is 1.12. The molecule has 0 aromatic heterocycles. The Balaban J connectivity index is 5.22. The number of aliphatic hydroxyl groups excluding tert-OH is 1. The first-order chi connectivity index (χ1) is 47.9. The first-order valence-corrected chi connectivity index (χ1v) is 44.5. The smallest absolute Gasteiger partial charge is 0.462 e. The molecule has 0 saturated heterocycles. The highest BCUT2D eigenvalue weighted by Gasteiger charge is 2.30. The molecule has 5 atom stereocenters. The number of carbonyl (C=O) groups excluding carboxylic acids is 4. The van der Waals surface area contributed by atoms with Crippen molar-refractivity contribution >= 4 is 39.5 Å². The summed E-state index contributed by atoms with van der Waals surface area (Å²) in [6.07, 6.45) is 61.1. The van der Waals surface area contributed by atoms with Gasteiger partial charge in [-0.05, 0) is 37.5 Å². The van der Waals surface area contributed by atoms with Crippen LogP contribution in [-0.4, -0.2) is 96.7 Å². The second-order valence-corrected chi connectivity index (χ2v) is 32.7. The summed E-state index contributed by atoms with van der Waals surface area (Å²) in [6.45, 7) is 9.63. The van der Waals surface area contributed by atoms with E-state index in [0.717, 1.165) is 102 Å². The van der Waals surface area contributed by atoms with E-state index < -0.39 is 97.5 Å². The Morgan fingerprint density at radius 3 is 0.687 bits per heavy atom. The van der Waals surface area contributed by atoms with Crippen molar-refractivity contribution in [2.24, 2.45) is 11.8 Å². The van der Waals surface area contributed by atoms with Gasteiger partial charge in [0.2, 0.25) is 0 Å². The predicted molar refractivity (Wildman–Crippen MR) is 405 cm³/mol. The highest BCUT2D eigenvalue weighted by molar-refractivity contribution is 7.47. The molecule has 0 saturated carbocycles. The topological polar surface area (TPSA) is 237 Å². The monoisotopic (exact) mass is 1450 g/mol. The van der Waals surface area contributed by atoms with E-state index >= 15 is 0 Å². The first-order valence-electron chi connectivity index (χ1n) is 41.5. The molecule has 0 heterocycles. The highest BCUT2D eigenvalue weighted by atomic mass is 31.2. The summed E-state index contributed by atoms with van der Waals surface area (Å²) in [7, 11) is -9.92. The summed E-state index contributed by atoms with van der Waals surface area (Å²) in [6, 6.07) is 0. The summed E-state index contributed by atoms with van der Waals surface area (Å²) >= 11 is 0. The molecular formula is C80H156O17P2. The van der Waals surface area contributed by atoms with E-state index in [0.29, 0.717) is 25.7 Å². The van der Waals surface area contributed by atoms with Gasteiger partial charge in [0.1, 0.15) is 19.3 Å². The quantitative estimate of drug-likeness (QED) is 0.0222. The zero-order chi connectivity index (χ0) is 72.8. The number of esters is 4. The molecule has 0 aliphatic rings.